The van der Waals surface area contributed by atoms with Crippen molar-refractivity contribution in [3.8, 4) is 17.0 Å². The Bertz CT molecular complexity index is 455. The summed E-state index contributed by atoms with van der Waals surface area (Å²) in [5.74, 6) is 1.24. The molecule has 15 heavy (non-hydrogen) atoms. The first kappa shape index (κ1) is 9.92. The molecule has 1 aromatic heterocycles. The lowest BCUT2D eigenvalue weighted by molar-refractivity contribution is 0.341. The van der Waals surface area contributed by atoms with Gasteiger partial charge in [0.15, 0.2) is 5.82 Å². The quantitative estimate of drug-likeness (QED) is 0.863. The molecule has 0 radical (unpaired) electrons. The second-order valence-corrected chi connectivity index (χ2v) is 3.46. The number of rotatable bonds is 3. The monoisotopic (exact) mass is 221 g/mol. The van der Waals surface area contributed by atoms with Crippen molar-refractivity contribution in [2.75, 3.05) is 12.3 Å². The molecule has 0 aliphatic carbocycles. The number of hydrogen-bond acceptors (Lipinski definition) is 5. The maximum atomic E-state index is 5.72. The fourth-order valence-corrected chi connectivity index (χ4v) is 1.81. The molecular formula is C10H11N3OS. The highest BCUT2D eigenvalue weighted by Crippen LogP contribution is 2.31. The van der Waals surface area contributed by atoms with Crippen LogP contribution in [0.25, 0.3) is 11.3 Å². The normalized spacial score (nSPS) is 10.2. The lowest BCUT2D eigenvalue weighted by atomic mass is 10.1. The molecule has 4 nitrogen and oxygen atoms in total. The van der Waals surface area contributed by atoms with E-state index in [9.17, 15) is 0 Å². The maximum absolute atomic E-state index is 5.72. The van der Waals surface area contributed by atoms with E-state index >= 15 is 0 Å². The zero-order valence-electron chi connectivity index (χ0n) is 8.30. The van der Waals surface area contributed by atoms with Crippen molar-refractivity contribution in [3.05, 3.63) is 24.3 Å². The van der Waals surface area contributed by atoms with Crippen molar-refractivity contribution in [2.24, 2.45) is 0 Å². The third-order valence-corrected chi connectivity index (χ3v) is 2.50. The minimum atomic E-state index is 0.451. The number of ether oxygens (including phenoxy) is 1. The van der Waals surface area contributed by atoms with Crippen LogP contribution < -0.4 is 10.5 Å². The summed E-state index contributed by atoms with van der Waals surface area (Å²) in [7, 11) is 0. The van der Waals surface area contributed by atoms with E-state index in [1.165, 1.54) is 0 Å². The second-order valence-electron chi connectivity index (χ2n) is 2.93. The molecule has 0 unspecified atom stereocenters. The molecule has 0 saturated heterocycles. The number of nitrogen functional groups attached to an aromatic ring is 1. The van der Waals surface area contributed by atoms with E-state index in [0.717, 1.165) is 23.0 Å². The van der Waals surface area contributed by atoms with E-state index in [2.05, 4.69) is 8.75 Å². The summed E-state index contributed by atoms with van der Waals surface area (Å²) in [6, 6.07) is 7.68. The predicted molar refractivity (Wildman–Crippen MR) is 60.9 cm³/mol. The minimum absolute atomic E-state index is 0.451. The third-order valence-electron chi connectivity index (χ3n) is 1.96. The highest BCUT2D eigenvalue weighted by molar-refractivity contribution is 6.99. The van der Waals surface area contributed by atoms with Gasteiger partial charge in [-0.3, -0.25) is 0 Å². The Morgan fingerprint density at radius 3 is 2.80 bits per heavy atom. The molecule has 5 heteroatoms. The standard InChI is InChI=1S/C10H11N3OS/c1-2-14-8-6-4-3-5-7(8)9-10(11)13-15-12-9/h3-6H,2H2,1H3,(H2,11,13). The van der Waals surface area contributed by atoms with Crippen LogP contribution in [-0.2, 0) is 0 Å². The number of para-hydroxylation sites is 1. The van der Waals surface area contributed by atoms with Gasteiger partial charge in [-0.25, -0.2) is 0 Å². The Labute approximate surface area is 92.0 Å². The van der Waals surface area contributed by atoms with Gasteiger partial charge in [0.1, 0.15) is 11.4 Å². The highest BCUT2D eigenvalue weighted by atomic mass is 32.1. The lowest BCUT2D eigenvalue weighted by Gasteiger charge is -2.07. The van der Waals surface area contributed by atoms with Crippen LogP contribution in [0.5, 0.6) is 5.75 Å². The zero-order chi connectivity index (χ0) is 10.7. The average Bonchev–Trinajstić information content (AvgIpc) is 2.66. The smallest absolute Gasteiger partial charge is 0.165 e. The highest BCUT2D eigenvalue weighted by Gasteiger charge is 2.11. The Morgan fingerprint density at radius 2 is 2.13 bits per heavy atom. The van der Waals surface area contributed by atoms with Gasteiger partial charge in [-0.1, -0.05) is 12.1 Å². The molecule has 78 valence electrons. The zero-order valence-corrected chi connectivity index (χ0v) is 9.12. The SMILES string of the molecule is CCOc1ccccc1-c1nsnc1N. The first-order valence-electron chi connectivity index (χ1n) is 4.63. The summed E-state index contributed by atoms with van der Waals surface area (Å²) >= 11 is 1.11. The van der Waals surface area contributed by atoms with Crippen molar-refractivity contribution in [1.82, 2.24) is 8.75 Å². The lowest BCUT2D eigenvalue weighted by Crippen LogP contribution is -1.95. The maximum Gasteiger partial charge on any atom is 0.165 e. The molecule has 2 rings (SSSR count). The molecule has 0 saturated carbocycles. The van der Waals surface area contributed by atoms with Gasteiger partial charge in [0, 0.05) is 5.56 Å². The van der Waals surface area contributed by atoms with Gasteiger partial charge < -0.3 is 10.5 Å². The Hall–Kier alpha value is -1.62. The summed E-state index contributed by atoms with van der Waals surface area (Å²) in [6.07, 6.45) is 0. The van der Waals surface area contributed by atoms with Gasteiger partial charge >= 0.3 is 0 Å². The molecule has 1 heterocycles. The molecular weight excluding hydrogens is 210 g/mol. The van der Waals surface area contributed by atoms with Gasteiger partial charge in [-0.15, -0.1) is 0 Å². The number of anilines is 1. The van der Waals surface area contributed by atoms with E-state index in [-0.39, 0.29) is 0 Å². The average molecular weight is 221 g/mol. The van der Waals surface area contributed by atoms with Crippen LogP contribution in [0.3, 0.4) is 0 Å². The van der Waals surface area contributed by atoms with E-state index in [0.29, 0.717) is 18.1 Å². The Kier molecular flexibility index (Phi) is 2.82. The van der Waals surface area contributed by atoms with Crippen molar-refractivity contribution in [3.63, 3.8) is 0 Å². The van der Waals surface area contributed by atoms with Crippen molar-refractivity contribution in [1.29, 1.82) is 0 Å². The van der Waals surface area contributed by atoms with Crippen LogP contribution in [-0.4, -0.2) is 15.4 Å². The van der Waals surface area contributed by atoms with Crippen molar-refractivity contribution >= 4 is 17.5 Å². The van der Waals surface area contributed by atoms with Crippen molar-refractivity contribution in [2.45, 2.75) is 6.92 Å². The van der Waals surface area contributed by atoms with Crippen LogP contribution in [0.4, 0.5) is 5.82 Å². The first-order chi connectivity index (χ1) is 7.33. The van der Waals surface area contributed by atoms with Gasteiger partial charge in [0.05, 0.1) is 18.3 Å². The van der Waals surface area contributed by atoms with Gasteiger partial charge in [0.25, 0.3) is 0 Å². The summed E-state index contributed by atoms with van der Waals surface area (Å²) in [5, 5.41) is 0. The van der Waals surface area contributed by atoms with Crippen LogP contribution in [0.1, 0.15) is 6.92 Å². The molecule has 2 aromatic rings. The minimum Gasteiger partial charge on any atom is -0.493 e. The second kappa shape index (κ2) is 4.27. The third kappa shape index (κ3) is 1.92. The molecule has 0 fully saturated rings. The number of aromatic nitrogens is 2. The predicted octanol–water partition coefficient (Wildman–Crippen LogP) is 2.19. The van der Waals surface area contributed by atoms with Crippen LogP contribution >= 0.6 is 11.7 Å². The molecule has 0 atom stereocenters. The molecule has 0 bridgehead atoms. The van der Waals surface area contributed by atoms with E-state index in [4.69, 9.17) is 10.5 Å². The fraction of sp³-hybridized carbons (Fsp3) is 0.200. The topological polar surface area (TPSA) is 61.0 Å². The van der Waals surface area contributed by atoms with Crippen LogP contribution in [0, 0.1) is 0 Å². The number of nitrogens with two attached hydrogens (primary N) is 1. The molecule has 0 aliphatic heterocycles. The summed E-state index contributed by atoms with van der Waals surface area (Å²) in [6.45, 7) is 2.56. The molecule has 2 N–H and O–H groups in total. The Balaban J connectivity index is 2.48. The van der Waals surface area contributed by atoms with E-state index in [1.807, 2.05) is 31.2 Å². The van der Waals surface area contributed by atoms with Gasteiger partial charge in [0.2, 0.25) is 0 Å². The van der Waals surface area contributed by atoms with Crippen LogP contribution in [0.15, 0.2) is 24.3 Å². The number of benzene rings is 1. The van der Waals surface area contributed by atoms with Gasteiger partial charge in [-0.2, -0.15) is 8.75 Å². The van der Waals surface area contributed by atoms with E-state index < -0.39 is 0 Å². The molecule has 0 amide bonds. The van der Waals surface area contributed by atoms with Gasteiger partial charge in [-0.05, 0) is 19.1 Å². The molecule has 0 aliphatic rings. The number of nitrogens with zero attached hydrogens (tertiary/aromatic N) is 2. The summed E-state index contributed by atoms with van der Waals surface area (Å²) in [4.78, 5) is 0. The largest absolute Gasteiger partial charge is 0.493 e. The molecule has 1 aromatic carbocycles. The first-order valence-corrected chi connectivity index (χ1v) is 5.36. The summed E-state index contributed by atoms with van der Waals surface area (Å²) in [5.41, 5.74) is 7.31. The van der Waals surface area contributed by atoms with E-state index in [1.54, 1.807) is 0 Å². The van der Waals surface area contributed by atoms with Crippen molar-refractivity contribution < 1.29 is 4.74 Å². The fourth-order valence-electron chi connectivity index (χ4n) is 1.33. The van der Waals surface area contributed by atoms with Crippen LogP contribution in [0.2, 0.25) is 0 Å². The number of hydrogen-bond donors (Lipinski definition) is 1. The Morgan fingerprint density at radius 1 is 1.33 bits per heavy atom. The summed E-state index contributed by atoms with van der Waals surface area (Å²) < 4.78 is 13.6. The molecule has 0 spiro atoms.